The molecule has 13 heteroatoms. The minimum Gasteiger partial charge on any atom is -0.489 e. The van der Waals surface area contributed by atoms with Crippen LogP contribution in [0.2, 0.25) is 0 Å². The molecule has 1 aliphatic carbocycles. The number of alkyl halides is 3. The van der Waals surface area contributed by atoms with Crippen LogP contribution in [0.15, 0.2) is 48.5 Å². The van der Waals surface area contributed by atoms with Crippen molar-refractivity contribution in [3.05, 3.63) is 71.2 Å². The third-order valence-electron chi connectivity index (χ3n) is 8.37. The maximum absolute atomic E-state index is 14.7. The lowest BCUT2D eigenvalue weighted by Gasteiger charge is -2.34. The van der Waals surface area contributed by atoms with Gasteiger partial charge < -0.3 is 30.5 Å². The SMILES string of the molecule is C[C@]1(C(N)=O)COc2c1cc(C(O)(CNC(=O)c1ccc(N3CCC3)c(OC3CC3)c1)C(F)(F)F)nc2-c1ccc(F)cc1. The lowest BCUT2D eigenvalue weighted by molar-refractivity contribution is -0.265. The number of amides is 2. The highest BCUT2D eigenvalue weighted by molar-refractivity contribution is 5.95. The Morgan fingerprint density at radius 1 is 1.16 bits per heavy atom. The number of nitrogens with one attached hydrogen (secondary N) is 1. The van der Waals surface area contributed by atoms with Crippen molar-refractivity contribution in [2.24, 2.45) is 5.73 Å². The number of fused-ring (bicyclic) bond motifs is 1. The first kappa shape index (κ1) is 29.7. The first-order valence-corrected chi connectivity index (χ1v) is 14.2. The monoisotopic (exact) mass is 614 g/mol. The minimum absolute atomic E-state index is 0.0132. The molecule has 1 unspecified atom stereocenters. The van der Waals surface area contributed by atoms with E-state index in [4.69, 9.17) is 15.2 Å². The number of nitrogens with two attached hydrogens (primary N) is 1. The van der Waals surface area contributed by atoms with Crippen LogP contribution in [-0.2, 0) is 15.8 Å². The van der Waals surface area contributed by atoms with Crippen LogP contribution >= 0.6 is 0 Å². The smallest absolute Gasteiger partial charge is 0.424 e. The van der Waals surface area contributed by atoms with Crippen LogP contribution in [-0.4, -0.2) is 60.4 Å². The van der Waals surface area contributed by atoms with Crippen molar-refractivity contribution in [2.45, 2.75) is 49.5 Å². The van der Waals surface area contributed by atoms with Crippen LogP contribution < -0.4 is 25.4 Å². The quantitative estimate of drug-likeness (QED) is 0.312. The molecule has 2 aliphatic heterocycles. The number of carbonyl (C=O) groups excluding carboxylic acids is 2. The summed E-state index contributed by atoms with van der Waals surface area (Å²) < 4.78 is 69.4. The number of rotatable bonds is 9. The molecule has 2 aromatic carbocycles. The van der Waals surface area contributed by atoms with E-state index in [2.05, 4.69) is 15.2 Å². The van der Waals surface area contributed by atoms with E-state index in [1.165, 1.54) is 31.2 Å². The molecule has 44 heavy (non-hydrogen) atoms. The van der Waals surface area contributed by atoms with Gasteiger partial charge in [0.1, 0.15) is 35.0 Å². The van der Waals surface area contributed by atoms with Crippen molar-refractivity contribution in [1.82, 2.24) is 10.3 Å². The van der Waals surface area contributed by atoms with E-state index in [1.807, 2.05) is 0 Å². The Morgan fingerprint density at radius 2 is 1.86 bits per heavy atom. The van der Waals surface area contributed by atoms with Crippen LogP contribution in [0.25, 0.3) is 11.3 Å². The molecule has 0 spiro atoms. The second-order valence-electron chi connectivity index (χ2n) is 11.6. The molecule has 2 atom stereocenters. The molecule has 1 saturated heterocycles. The Hall–Kier alpha value is -4.39. The average Bonchev–Trinajstić information content (AvgIpc) is 3.70. The van der Waals surface area contributed by atoms with Crippen molar-refractivity contribution >= 4 is 17.5 Å². The summed E-state index contributed by atoms with van der Waals surface area (Å²) in [4.78, 5) is 31.8. The number of aliphatic hydroxyl groups is 1. The van der Waals surface area contributed by atoms with Crippen LogP contribution in [0.5, 0.6) is 11.5 Å². The van der Waals surface area contributed by atoms with Gasteiger partial charge in [0, 0.05) is 29.8 Å². The number of hydrogen-bond donors (Lipinski definition) is 3. The van der Waals surface area contributed by atoms with Gasteiger partial charge in [-0.05, 0) is 74.7 Å². The zero-order valence-electron chi connectivity index (χ0n) is 23.7. The minimum atomic E-state index is -5.33. The Morgan fingerprint density at radius 3 is 2.45 bits per heavy atom. The highest BCUT2D eigenvalue weighted by Gasteiger charge is 2.57. The van der Waals surface area contributed by atoms with Crippen LogP contribution in [0.3, 0.4) is 0 Å². The summed E-state index contributed by atoms with van der Waals surface area (Å²) in [6, 6.07) is 10.3. The summed E-state index contributed by atoms with van der Waals surface area (Å²) in [6.07, 6.45) is -2.53. The highest BCUT2D eigenvalue weighted by Crippen LogP contribution is 2.48. The number of primary amides is 1. The summed E-state index contributed by atoms with van der Waals surface area (Å²) in [6.45, 7) is 1.48. The Labute approximate surface area is 250 Å². The molecule has 6 rings (SSSR count). The third-order valence-corrected chi connectivity index (χ3v) is 8.37. The van der Waals surface area contributed by atoms with E-state index in [-0.39, 0.29) is 40.8 Å². The molecule has 3 aromatic rings. The summed E-state index contributed by atoms with van der Waals surface area (Å²) >= 11 is 0. The zero-order chi connectivity index (χ0) is 31.4. The molecule has 0 radical (unpaired) electrons. The molecule has 232 valence electrons. The molecule has 3 aliphatic rings. The number of benzene rings is 2. The summed E-state index contributed by atoms with van der Waals surface area (Å²) in [5, 5.41) is 13.5. The standard InChI is InChI=1S/C31H30F4N4O5/c1-29(28(36)41)16-43-26-21(29)14-24(38-25(26)17-3-6-19(32)7-4-17)30(42,31(33,34)35)15-37-27(40)18-5-10-22(39-11-2-12-39)23(13-18)44-20-8-9-20/h3-7,10,13-14,20,42H,2,8-9,11-12,15-16H2,1H3,(H2,36,41)(H,37,40)/t29-,30?/m0/s1. The van der Waals surface area contributed by atoms with Crippen LogP contribution in [0.1, 0.15) is 47.8 Å². The largest absolute Gasteiger partial charge is 0.489 e. The molecule has 1 saturated carbocycles. The van der Waals surface area contributed by atoms with E-state index in [1.54, 1.807) is 6.07 Å². The molecule has 1 aromatic heterocycles. The van der Waals surface area contributed by atoms with Gasteiger partial charge in [-0.15, -0.1) is 0 Å². The zero-order valence-corrected chi connectivity index (χ0v) is 23.7. The summed E-state index contributed by atoms with van der Waals surface area (Å²) in [7, 11) is 0. The molecule has 0 bridgehead atoms. The number of ether oxygens (including phenoxy) is 2. The second-order valence-corrected chi connectivity index (χ2v) is 11.6. The van der Waals surface area contributed by atoms with E-state index < -0.39 is 47.1 Å². The molecule has 2 amide bonds. The van der Waals surface area contributed by atoms with Crippen molar-refractivity contribution < 1.29 is 41.7 Å². The number of halogens is 4. The topological polar surface area (TPSA) is 127 Å². The van der Waals surface area contributed by atoms with Crippen LogP contribution in [0, 0.1) is 5.82 Å². The van der Waals surface area contributed by atoms with Gasteiger partial charge in [0.05, 0.1) is 24.0 Å². The van der Waals surface area contributed by atoms with Gasteiger partial charge in [-0.25, -0.2) is 9.37 Å². The lowest BCUT2D eigenvalue weighted by atomic mass is 9.81. The van der Waals surface area contributed by atoms with Gasteiger partial charge in [-0.3, -0.25) is 9.59 Å². The molecule has 4 N–H and O–H groups in total. The van der Waals surface area contributed by atoms with Gasteiger partial charge in [-0.2, -0.15) is 13.2 Å². The maximum atomic E-state index is 14.7. The third kappa shape index (κ3) is 5.18. The van der Waals surface area contributed by atoms with E-state index in [0.717, 1.165) is 56.2 Å². The first-order valence-electron chi connectivity index (χ1n) is 14.2. The molecule has 9 nitrogen and oxygen atoms in total. The van der Waals surface area contributed by atoms with Crippen LogP contribution in [0.4, 0.5) is 23.2 Å². The molecular weight excluding hydrogens is 584 g/mol. The predicted octanol–water partition coefficient (Wildman–Crippen LogP) is 3.95. The number of aromatic nitrogens is 1. The predicted molar refractivity (Wildman–Crippen MR) is 151 cm³/mol. The van der Waals surface area contributed by atoms with Gasteiger partial charge >= 0.3 is 6.18 Å². The van der Waals surface area contributed by atoms with Gasteiger partial charge in [-0.1, -0.05) is 0 Å². The van der Waals surface area contributed by atoms with Gasteiger partial charge in [0.15, 0.2) is 0 Å². The van der Waals surface area contributed by atoms with Crippen molar-refractivity contribution in [2.75, 3.05) is 31.1 Å². The Kier molecular flexibility index (Phi) is 7.18. The van der Waals surface area contributed by atoms with Gasteiger partial charge in [0.25, 0.3) is 5.91 Å². The van der Waals surface area contributed by atoms with Crippen molar-refractivity contribution in [3.8, 4) is 22.8 Å². The molecule has 3 heterocycles. The Bertz CT molecular complexity index is 1620. The number of anilines is 1. The molecular formula is C31H30F4N4O5. The number of carbonyl (C=O) groups is 2. The molecule has 2 fully saturated rings. The summed E-state index contributed by atoms with van der Waals surface area (Å²) in [5.74, 6) is -1.87. The Balaban J connectivity index is 1.36. The van der Waals surface area contributed by atoms with Crippen molar-refractivity contribution in [1.29, 1.82) is 0 Å². The average molecular weight is 615 g/mol. The number of hydrogen-bond acceptors (Lipinski definition) is 7. The fourth-order valence-electron chi connectivity index (χ4n) is 5.18. The second kappa shape index (κ2) is 10.7. The van der Waals surface area contributed by atoms with E-state index in [9.17, 15) is 32.3 Å². The van der Waals surface area contributed by atoms with Crippen molar-refractivity contribution in [3.63, 3.8) is 0 Å². The van der Waals surface area contributed by atoms with Gasteiger partial charge in [0.2, 0.25) is 11.5 Å². The normalized spacial score (nSPS) is 20.6. The maximum Gasteiger partial charge on any atom is 0.424 e. The highest BCUT2D eigenvalue weighted by atomic mass is 19.4. The lowest BCUT2D eigenvalue weighted by Crippen LogP contribution is -2.51. The number of nitrogens with zero attached hydrogens (tertiary/aromatic N) is 2. The first-order chi connectivity index (χ1) is 20.8. The number of pyridine rings is 1. The fraction of sp³-hybridized carbons (Fsp3) is 0.387. The summed E-state index contributed by atoms with van der Waals surface area (Å²) in [5.41, 5.74) is 0.332. The fourth-order valence-corrected chi connectivity index (χ4v) is 5.18. The van der Waals surface area contributed by atoms with E-state index in [0.29, 0.717) is 5.75 Å². The van der Waals surface area contributed by atoms with E-state index >= 15 is 0 Å².